The molecule has 0 amide bonds. The van der Waals surface area contributed by atoms with E-state index in [0.29, 0.717) is 17.5 Å². The quantitative estimate of drug-likeness (QED) is 0.161. The second-order valence-electron chi connectivity index (χ2n) is 15.6. The minimum atomic E-state index is 0.587. The molecule has 0 N–H and O–H groups in total. The summed E-state index contributed by atoms with van der Waals surface area (Å²) in [7, 11) is 0. The van der Waals surface area contributed by atoms with Crippen molar-refractivity contribution in [1.29, 1.82) is 0 Å². The molecule has 3 heterocycles. The molecule has 5 nitrogen and oxygen atoms in total. The van der Waals surface area contributed by atoms with Gasteiger partial charge in [-0.25, -0.2) is 15.0 Å². The number of aromatic nitrogens is 4. The third-order valence-electron chi connectivity index (χ3n) is 11.8. The molecule has 12 aromatic rings. The Kier molecular flexibility index (Phi) is 8.42. The Hall–Kier alpha value is -8.41. The van der Waals surface area contributed by atoms with Crippen LogP contribution in [0.25, 0.3) is 117 Å². The minimum absolute atomic E-state index is 0.587. The number of hydrogen-bond donors (Lipinski definition) is 0. The van der Waals surface area contributed by atoms with Gasteiger partial charge in [0.05, 0.1) is 11.0 Å². The largest absolute Gasteiger partial charge is 0.456 e. The molecule has 12 rings (SSSR count). The summed E-state index contributed by atoms with van der Waals surface area (Å²) in [6.07, 6.45) is 0. The van der Waals surface area contributed by atoms with Gasteiger partial charge >= 0.3 is 0 Å². The highest BCUT2D eigenvalue weighted by Crippen LogP contribution is 2.40. The molecule has 5 heteroatoms. The maximum absolute atomic E-state index is 6.26. The van der Waals surface area contributed by atoms with Crippen LogP contribution in [0.1, 0.15) is 0 Å². The predicted molar refractivity (Wildman–Crippen MR) is 254 cm³/mol. The van der Waals surface area contributed by atoms with Gasteiger partial charge in [-0.3, -0.25) is 0 Å². The zero-order valence-electron chi connectivity index (χ0n) is 33.5. The molecule has 0 atom stereocenters. The molecule has 9 aromatic carbocycles. The molecule has 0 saturated heterocycles. The molecule has 0 aliphatic heterocycles. The first-order valence-corrected chi connectivity index (χ1v) is 20.8. The Morgan fingerprint density at radius 1 is 0.306 bits per heavy atom. The van der Waals surface area contributed by atoms with Crippen molar-refractivity contribution in [3.63, 3.8) is 0 Å². The van der Waals surface area contributed by atoms with Crippen LogP contribution >= 0.6 is 0 Å². The van der Waals surface area contributed by atoms with Gasteiger partial charge in [0.25, 0.3) is 0 Å². The number of para-hydroxylation sites is 3. The van der Waals surface area contributed by atoms with Crippen LogP contribution in [0.3, 0.4) is 0 Å². The molecule has 0 fully saturated rings. The minimum Gasteiger partial charge on any atom is -0.456 e. The Balaban J connectivity index is 0.950. The molecular weight excluding hydrogens is 757 g/mol. The van der Waals surface area contributed by atoms with Crippen LogP contribution in [0.2, 0.25) is 0 Å². The molecule has 0 radical (unpaired) electrons. The van der Waals surface area contributed by atoms with Crippen LogP contribution in [0.4, 0.5) is 0 Å². The van der Waals surface area contributed by atoms with Crippen molar-refractivity contribution < 1.29 is 4.42 Å². The summed E-state index contributed by atoms with van der Waals surface area (Å²) in [4.78, 5) is 15.1. The number of furan rings is 1. The molecular formula is C57H36N4O. The molecule has 0 spiro atoms. The first-order valence-electron chi connectivity index (χ1n) is 20.8. The fraction of sp³-hybridized carbons (Fsp3) is 0. The van der Waals surface area contributed by atoms with Gasteiger partial charge in [0, 0.05) is 49.5 Å². The van der Waals surface area contributed by atoms with Gasteiger partial charge < -0.3 is 8.98 Å². The smallest absolute Gasteiger partial charge is 0.164 e. The molecule has 0 aliphatic carbocycles. The number of benzene rings is 9. The van der Waals surface area contributed by atoms with Gasteiger partial charge in [0.1, 0.15) is 11.2 Å². The predicted octanol–water partition coefficient (Wildman–Crippen LogP) is 14.9. The first kappa shape index (κ1) is 35.5. The van der Waals surface area contributed by atoms with E-state index in [0.717, 1.165) is 66.6 Å². The fourth-order valence-electron chi connectivity index (χ4n) is 8.88. The van der Waals surface area contributed by atoms with E-state index < -0.39 is 0 Å². The summed E-state index contributed by atoms with van der Waals surface area (Å²) >= 11 is 0. The molecule has 0 saturated carbocycles. The van der Waals surface area contributed by atoms with Crippen LogP contribution in [-0.4, -0.2) is 19.5 Å². The molecule has 62 heavy (non-hydrogen) atoms. The Morgan fingerprint density at radius 2 is 0.806 bits per heavy atom. The van der Waals surface area contributed by atoms with Gasteiger partial charge in [-0.05, 0) is 82.4 Å². The van der Waals surface area contributed by atoms with Crippen LogP contribution < -0.4 is 0 Å². The monoisotopic (exact) mass is 792 g/mol. The highest BCUT2D eigenvalue weighted by atomic mass is 16.3. The third-order valence-corrected chi connectivity index (χ3v) is 11.8. The Morgan fingerprint density at radius 3 is 1.53 bits per heavy atom. The first-order chi connectivity index (χ1) is 30.7. The zero-order chi connectivity index (χ0) is 41.0. The summed E-state index contributed by atoms with van der Waals surface area (Å²) in [6.45, 7) is 0. The normalized spacial score (nSPS) is 11.5. The molecule has 0 bridgehead atoms. The number of rotatable bonds is 7. The second kappa shape index (κ2) is 14.7. The van der Waals surface area contributed by atoms with E-state index in [1.807, 2.05) is 54.6 Å². The van der Waals surface area contributed by atoms with Crippen LogP contribution in [0.5, 0.6) is 0 Å². The number of hydrogen-bond acceptors (Lipinski definition) is 4. The van der Waals surface area contributed by atoms with Crippen LogP contribution in [0.15, 0.2) is 223 Å². The molecule has 0 unspecified atom stereocenters. The summed E-state index contributed by atoms with van der Waals surface area (Å²) in [5, 5.41) is 4.59. The van der Waals surface area contributed by atoms with Gasteiger partial charge in [0.2, 0.25) is 0 Å². The van der Waals surface area contributed by atoms with Crippen LogP contribution in [-0.2, 0) is 0 Å². The van der Waals surface area contributed by atoms with Crippen molar-refractivity contribution in [2.24, 2.45) is 0 Å². The van der Waals surface area contributed by atoms with E-state index in [4.69, 9.17) is 19.4 Å². The van der Waals surface area contributed by atoms with Crippen molar-refractivity contribution in [3.8, 4) is 73.2 Å². The fourth-order valence-corrected chi connectivity index (χ4v) is 8.88. The van der Waals surface area contributed by atoms with Crippen molar-refractivity contribution in [3.05, 3.63) is 218 Å². The van der Waals surface area contributed by atoms with E-state index in [1.165, 1.54) is 32.9 Å². The zero-order valence-corrected chi connectivity index (χ0v) is 33.5. The highest BCUT2D eigenvalue weighted by Gasteiger charge is 2.19. The van der Waals surface area contributed by atoms with E-state index in [-0.39, 0.29) is 0 Å². The Labute approximate surface area is 357 Å². The molecule has 3 aromatic heterocycles. The van der Waals surface area contributed by atoms with Gasteiger partial charge in [-0.1, -0.05) is 164 Å². The lowest BCUT2D eigenvalue weighted by Gasteiger charge is -2.12. The maximum atomic E-state index is 6.26. The maximum Gasteiger partial charge on any atom is 0.164 e. The summed E-state index contributed by atoms with van der Waals surface area (Å²) < 4.78 is 8.67. The third kappa shape index (κ3) is 6.14. The van der Waals surface area contributed by atoms with E-state index in [9.17, 15) is 0 Å². The van der Waals surface area contributed by atoms with Gasteiger partial charge in [0.15, 0.2) is 17.5 Å². The standard InChI is InChI=1S/C57H36N4O/c1-4-15-37(16-5-1)46-26-14-27-49-50-35-42(30-32-51(50)61(54(46)49)45-23-8-3-9-24-45)40-20-12-19-39(33-40)41-21-13-22-43(34-41)56-58-55(38-17-6-2-7-18-38)59-57(60-56)44-29-31-48-47-25-10-11-28-52(47)62-53(48)36-44/h1-36H. The van der Waals surface area contributed by atoms with Gasteiger partial charge in [-0.2, -0.15) is 0 Å². The molecule has 0 aliphatic rings. The average Bonchev–Trinajstić information content (AvgIpc) is 3.90. The summed E-state index contributed by atoms with van der Waals surface area (Å²) in [6, 6.07) is 76.5. The van der Waals surface area contributed by atoms with Crippen molar-refractivity contribution in [2.45, 2.75) is 0 Å². The average molecular weight is 793 g/mol. The van der Waals surface area contributed by atoms with Crippen LogP contribution in [0, 0.1) is 0 Å². The SMILES string of the molecule is c1ccc(-c2nc(-c3cccc(-c4cccc(-c5ccc6c(c5)c5cccc(-c7ccccc7)c5n6-c5ccccc5)c4)c3)nc(-c3ccc4c(c3)oc3ccccc34)n2)cc1. The summed E-state index contributed by atoms with van der Waals surface area (Å²) in [5.74, 6) is 1.80. The number of nitrogens with zero attached hydrogens (tertiary/aromatic N) is 4. The van der Waals surface area contributed by atoms with E-state index >= 15 is 0 Å². The Bertz CT molecular complexity index is 3630. The van der Waals surface area contributed by atoms with Gasteiger partial charge in [-0.15, -0.1) is 0 Å². The summed E-state index contributed by atoms with van der Waals surface area (Å²) in [5.41, 5.74) is 14.7. The topological polar surface area (TPSA) is 56.7 Å². The van der Waals surface area contributed by atoms with Crippen molar-refractivity contribution in [1.82, 2.24) is 19.5 Å². The lowest BCUT2D eigenvalue weighted by molar-refractivity contribution is 0.669. The lowest BCUT2D eigenvalue weighted by atomic mass is 9.96. The van der Waals surface area contributed by atoms with Crippen molar-refractivity contribution >= 4 is 43.7 Å². The van der Waals surface area contributed by atoms with E-state index in [2.05, 4.69) is 168 Å². The molecule has 290 valence electrons. The highest BCUT2D eigenvalue weighted by molar-refractivity contribution is 6.14. The van der Waals surface area contributed by atoms with Crippen molar-refractivity contribution in [2.75, 3.05) is 0 Å². The second-order valence-corrected chi connectivity index (χ2v) is 15.6. The number of fused-ring (bicyclic) bond motifs is 6. The lowest BCUT2D eigenvalue weighted by Crippen LogP contribution is -2.00. The van der Waals surface area contributed by atoms with E-state index in [1.54, 1.807) is 0 Å².